The second kappa shape index (κ2) is 8.37. The van der Waals surface area contributed by atoms with Gasteiger partial charge in [-0.2, -0.15) is 0 Å². The minimum Gasteiger partial charge on any atom is -0.333 e. The fraction of sp³-hybridized carbons (Fsp3) is 0.333. The van der Waals surface area contributed by atoms with Crippen molar-refractivity contribution in [3.05, 3.63) is 60.2 Å². The van der Waals surface area contributed by atoms with Crippen LogP contribution in [-0.4, -0.2) is 24.0 Å². The number of hydrogen-bond acceptors (Lipinski definition) is 2. The number of fused-ring (bicyclic) bond motifs is 1. The van der Waals surface area contributed by atoms with Crippen LogP contribution in [0.4, 0.5) is 25.0 Å². The maximum atomic E-state index is 15.0. The minimum absolute atomic E-state index is 0.0850. The van der Waals surface area contributed by atoms with E-state index in [1.54, 1.807) is 39.0 Å². The number of allylic oxidation sites excluding steroid dienone is 2. The van der Waals surface area contributed by atoms with Crippen molar-refractivity contribution >= 4 is 23.3 Å². The first-order valence-electron chi connectivity index (χ1n) is 8.91. The summed E-state index contributed by atoms with van der Waals surface area (Å²) < 4.78 is 29.6. The number of nitrogens with zero attached hydrogens (tertiary/aromatic N) is 1. The number of anilines is 2. The Kier molecular flexibility index (Phi) is 6.38. The maximum absolute atomic E-state index is 15.0. The van der Waals surface area contributed by atoms with Crippen molar-refractivity contribution in [2.75, 3.05) is 16.8 Å². The van der Waals surface area contributed by atoms with Gasteiger partial charge >= 0.3 is 6.03 Å². The summed E-state index contributed by atoms with van der Waals surface area (Å²) in [5.74, 6) is -2.06. The third-order valence-corrected chi connectivity index (χ3v) is 4.14. The minimum atomic E-state index is -0.951. The number of urea groups is 1. The Balaban J connectivity index is 2.41. The molecular formula is C21H25F2N3O2. The summed E-state index contributed by atoms with van der Waals surface area (Å²) in [4.78, 5) is 25.7. The zero-order chi connectivity index (χ0) is 21.1. The van der Waals surface area contributed by atoms with E-state index in [2.05, 4.69) is 23.8 Å². The molecule has 0 saturated carbocycles. The van der Waals surface area contributed by atoms with Gasteiger partial charge in [-0.3, -0.25) is 4.79 Å². The van der Waals surface area contributed by atoms with Gasteiger partial charge in [-0.1, -0.05) is 31.4 Å². The molecular weight excluding hydrogens is 364 g/mol. The standard InChI is InChI=1S/C21H25F2N3O2/c1-6-8-13(7-2)12-26-16-11-15(22)19(24-20(28)25-21(3,4)5)18(23)14(16)9-10-17(26)27/h6-8,11H,1-2,9-10,12H2,3-5H3,(H2,24,25,28)/b13-8+. The highest BCUT2D eigenvalue weighted by Crippen LogP contribution is 2.36. The monoisotopic (exact) mass is 389 g/mol. The summed E-state index contributed by atoms with van der Waals surface area (Å²) in [6, 6.07) is 0.369. The highest BCUT2D eigenvalue weighted by molar-refractivity contribution is 5.98. The van der Waals surface area contributed by atoms with E-state index in [-0.39, 0.29) is 36.5 Å². The average molecular weight is 389 g/mol. The number of hydrogen-bond donors (Lipinski definition) is 2. The quantitative estimate of drug-likeness (QED) is 0.731. The zero-order valence-electron chi connectivity index (χ0n) is 16.4. The zero-order valence-corrected chi connectivity index (χ0v) is 16.4. The van der Waals surface area contributed by atoms with Gasteiger partial charge in [0.1, 0.15) is 5.69 Å². The average Bonchev–Trinajstić information content (AvgIpc) is 2.58. The molecule has 0 fully saturated rings. The van der Waals surface area contributed by atoms with Crippen LogP contribution in [-0.2, 0) is 11.2 Å². The van der Waals surface area contributed by atoms with Crippen molar-refractivity contribution in [3.8, 4) is 0 Å². The van der Waals surface area contributed by atoms with Crippen molar-refractivity contribution in [2.24, 2.45) is 0 Å². The second-order valence-electron chi connectivity index (χ2n) is 7.54. The molecule has 0 bridgehead atoms. The second-order valence-corrected chi connectivity index (χ2v) is 7.54. The van der Waals surface area contributed by atoms with E-state index >= 15 is 4.39 Å². The molecule has 1 aliphatic heterocycles. The highest BCUT2D eigenvalue weighted by atomic mass is 19.1. The summed E-state index contributed by atoms with van der Waals surface area (Å²) in [6.07, 6.45) is 4.99. The molecule has 0 saturated heterocycles. The lowest BCUT2D eigenvalue weighted by molar-refractivity contribution is -0.118. The van der Waals surface area contributed by atoms with Gasteiger partial charge in [-0.25, -0.2) is 13.6 Å². The molecule has 1 heterocycles. The molecule has 7 heteroatoms. The molecule has 1 aliphatic rings. The number of halogens is 2. The molecule has 150 valence electrons. The number of nitrogens with one attached hydrogen (secondary N) is 2. The summed E-state index contributed by atoms with van der Waals surface area (Å²) in [5, 5.41) is 4.83. The Hall–Kier alpha value is -2.96. The number of benzene rings is 1. The molecule has 2 N–H and O–H groups in total. The topological polar surface area (TPSA) is 61.4 Å². The van der Waals surface area contributed by atoms with Crippen molar-refractivity contribution in [2.45, 2.75) is 39.2 Å². The molecule has 0 spiro atoms. The number of carbonyl (C=O) groups excluding carboxylic acids is 2. The smallest absolute Gasteiger partial charge is 0.319 e. The van der Waals surface area contributed by atoms with Crippen molar-refractivity contribution in [1.29, 1.82) is 0 Å². The molecule has 5 nitrogen and oxygen atoms in total. The Morgan fingerprint density at radius 1 is 1.29 bits per heavy atom. The first kappa shape index (κ1) is 21.3. The Bertz CT molecular complexity index is 854. The van der Waals surface area contributed by atoms with Crippen LogP contribution >= 0.6 is 0 Å². The lowest BCUT2D eigenvalue weighted by atomic mass is 9.98. The normalized spacial score (nSPS) is 14.4. The molecule has 0 atom stereocenters. The third kappa shape index (κ3) is 4.85. The molecule has 0 aromatic heterocycles. The largest absolute Gasteiger partial charge is 0.333 e. The Labute approximate surface area is 163 Å². The van der Waals surface area contributed by atoms with Gasteiger partial charge in [0.15, 0.2) is 11.6 Å². The van der Waals surface area contributed by atoms with Crippen molar-refractivity contribution in [1.82, 2.24) is 5.32 Å². The van der Waals surface area contributed by atoms with Gasteiger partial charge in [0, 0.05) is 23.6 Å². The van der Waals surface area contributed by atoms with Crippen LogP contribution in [0.5, 0.6) is 0 Å². The fourth-order valence-electron chi connectivity index (χ4n) is 2.92. The third-order valence-electron chi connectivity index (χ3n) is 4.14. The Morgan fingerprint density at radius 2 is 1.96 bits per heavy atom. The van der Waals surface area contributed by atoms with Gasteiger partial charge in [0.2, 0.25) is 5.91 Å². The van der Waals surface area contributed by atoms with Crippen LogP contribution in [0.25, 0.3) is 0 Å². The molecule has 0 radical (unpaired) electrons. The Morgan fingerprint density at radius 3 is 2.54 bits per heavy atom. The van der Waals surface area contributed by atoms with E-state index in [1.165, 1.54) is 4.90 Å². The molecule has 2 rings (SSSR count). The summed E-state index contributed by atoms with van der Waals surface area (Å²) in [5.41, 5.74) is -0.0596. The molecule has 3 amide bonds. The predicted octanol–water partition coefficient (Wildman–Crippen LogP) is 4.46. The number of amides is 3. The SMILES string of the molecule is C=C/C=C(\C=C)CN1C(=O)CCc2c1cc(F)c(NC(=O)NC(C)(C)C)c2F. The molecule has 1 aromatic rings. The highest BCUT2D eigenvalue weighted by Gasteiger charge is 2.30. The van der Waals surface area contributed by atoms with Crippen LogP contribution in [0.1, 0.15) is 32.8 Å². The summed E-state index contributed by atoms with van der Waals surface area (Å²) in [7, 11) is 0. The first-order chi connectivity index (χ1) is 13.1. The summed E-state index contributed by atoms with van der Waals surface area (Å²) >= 11 is 0. The van der Waals surface area contributed by atoms with Gasteiger partial charge in [0.05, 0.1) is 12.2 Å². The van der Waals surface area contributed by atoms with Gasteiger partial charge < -0.3 is 15.5 Å². The fourth-order valence-corrected chi connectivity index (χ4v) is 2.92. The van der Waals surface area contributed by atoms with E-state index in [0.717, 1.165) is 6.07 Å². The lowest BCUT2D eigenvalue weighted by Crippen LogP contribution is -2.43. The maximum Gasteiger partial charge on any atom is 0.319 e. The van der Waals surface area contributed by atoms with Crippen molar-refractivity contribution in [3.63, 3.8) is 0 Å². The number of carbonyl (C=O) groups is 2. The van der Waals surface area contributed by atoms with E-state index in [1.807, 2.05) is 0 Å². The van der Waals surface area contributed by atoms with Gasteiger partial charge in [0.25, 0.3) is 0 Å². The molecule has 0 unspecified atom stereocenters. The van der Waals surface area contributed by atoms with Gasteiger partial charge in [-0.15, -0.1) is 0 Å². The van der Waals surface area contributed by atoms with E-state index in [0.29, 0.717) is 5.57 Å². The van der Waals surface area contributed by atoms with Crippen LogP contribution < -0.4 is 15.5 Å². The summed E-state index contributed by atoms with van der Waals surface area (Å²) in [6.45, 7) is 12.7. The number of rotatable bonds is 5. The predicted molar refractivity (Wildman–Crippen MR) is 107 cm³/mol. The van der Waals surface area contributed by atoms with Crippen LogP contribution in [0.3, 0.4) is 0 Å². The molecule has 0 aliphatic carbocycles. The molecule has 1 aromatic carbocycles. The molecule has 28 heavy (non-hydrogen) atoms. The van der Waals surface area contributed by atoms with E-state index in [4.69, 9.17) is 0 Å². The first-order valence-corrected chi connectivity index (χ1v) is 8.91. The lowest BCUT2D eigenvalue weighted by Gasteiger charge is -2.31. The van der Waals surface area contributed by atoms with E-state index < -0.39 is 28.9 Å². The van der Waals surface area contributed by atoms with Crippen LogP contribution in [0.2, 0.25) is 0 Å². The van der Waals surface area contributed by atoms with E-state index in [9.17, 15) is 14.0 Å². The van der Waals surface area contributed by atoms with Gasteiger partial charge in [-0.05, 0) is 32.8 Å². The van der Waals surface area contributed by atoms with Crippen LogP contribution in [0, 0.1) is 11.6 Å². The van der Waals surface area contributed by atoms with Crippen LogP contribution in [0.15, 0.2) is 43.0 Å². The van der Waals surface area contributed by atoms with Crippen molar-refractivity contribution < 1.29 is 18.4 Å².